The summed E-state index contributed by atoms with van der Waals surface area (Å²) in [6.07, 6.45) is 0. The molecule has 0 aliphatic rings. The summed E-state index contributed by atoms with van der Waals surface area (Å²) in [4.78, 5) is 0. The van der Waals surface area contributed by atoms with Crippen molar-refractivity contribution in [3.05, 3.63) is 40.9 Å². The lowest BCUT2D eigenvalue weighted by atomic mass is 10.1. The van der Waals surface area contributed by atoms with E-state index in [-0.39, 0.29) is 0 Å². The molecular weight excluding hydrogens is 216 g/mol. The predicted octanol–water partition coefficient (Wildman–Crippen LogP) is 3.31. The number of hydrogen-bond donors (Lipinski definition) is 1. The molecule has 0 atom stereocenters. The van der Waals surface area contributed by atoms with Gasteiger partial charge >= 0.3 is 0 Å². The van der Waals surface area contributed by atoms with Gasteiger partial charge in [-0.25, -0.2) is 0 Å². The number of phenols is 1. The molecule has 0 bridgehead atoms. The average molecular weight is 223 g/mol. The Hall–Kier alpha value is -1.02. The third-order valence-electron chi connectivity index (χ3n) is 1.80. The van der Waals surface area contributed by atoms with Crippen molar-refractivity contribution in [2.75, 3.05) is 0 Å². The molecule has 12 heavy (non-hydrogen) atoms. The van der Waals surface area contributed by atoms with Gasteiger partial charge in [0.2, 0.25) is 0 Å². The summed E-state index contributed by atoms with van der Waals surface area (Å²) in [5, 5.41) is 11.4. The van der Waals surface area contributed by atoms with Gasteiger partial charge in [-0.2, -0.15) is 0 Å². The highest BCUT2D eigenvalue weighted by molar-refractivity contribution is 9.10. The average Bonchev–Trinajstić information content (AvgIpc) is 2.04. The van der Waals surface area contributed by atoms with E-state index in [1.165, 1.54) is 0 Å². The number of aromatic hydroxyl groups is 1. The molecule has 0 aromatic heterocycles. The van der Waals surface area contributed by atoms with Crippen LogP contribution in [0.15, 0.2) is 40.9 Å². The summed E-state index contributed by atoms with van der Waals surface area (Å²) in [5.41, 5.74) is 0. The van der Waals surface area contributed by atoms with E-state index in [0.29, 0.717) is 5.75 Å². The van der Waals surface area contributed by atoms with Crippen molar-refractivity contribution in [1.29, 1.82) is 0 Å². The molecule has 0 saturated carbocycles. The highest BCUT2D eigenvalue weighted by Crippen LogP contribution is 2.28. The molecule has 0 radical (unpaired) electrons. The topological polar surface area (TPSA) is 20.2 Å². The van der Waals surface area contributed by atoms with Gasteiger partial charge in [0.1, 0.15) is 5.75 Å². The Labute approximate surface area is 78.8 Å². The fraction of sp³-hybridized carbons (Fsp3) is 0. The van der Waals surface area contributed by atoms with Crippen molar-refractivity contribution in [2.45, 2.75) is 0 Å². The van der Waals surface area contributed by atoms with Crippen LogP contribution in [0.2, 0.25) is 0 Å². The van der Waals surface area contributed by atoms with Crippen molar-refractivity contribution < 1.29 is 5.11 Å². The van der Waals surface area contributed by atoms with Gasteiger partial charge in [-0.1, -0.05) is 40.2 Å². The molecule has 0 amide bonds. The van der Waals surface area contributed by atoms with Gasteiger partial charge in [-0.15, -0.1) is 0 Å². The Bertz CT molecular complexity index is 423. The molecule has 2 rings (SSSR count). The van der Waals surface area contributed by atoms with E-state index in [9.17, 15) is 5.11 Å². The predicted molar refractivity (Wildman–Crippen MR) is 53.3 cm³/mol. The van der Waals surface area contributed by atoms with Gasteiger partial charge < -0.3 is 5.11 Å². The number of hydrogen-bond acceptors (Lipinski definition) is 1. The maximum Gasteiger partial charge on any atom is 0.117 e. The molecule has 0 aliphatic carbocycles. The zero-order chi connectivity index (χ0) is 8.55. The van der Waals surface area contributed by atoms with Gasteiger partial charge in [-0.3, -0.25) is 0 Å². The van der Waals surface area contributed by atoms with E-state index in [2.05, 4.69) is 15.9 Å². The monoisotopic (exact) mass is 222 g/mol. The van der Waals surface area contributed by atoms with E-state index in [1.807, 2.05) is 24.3 Å². The molecule has 0 fully saturated rings. The second kappa shape index (κ2) is 2.79. The van der Waals surface area contributed by atoms with E-state index in [1.54, 1.807) is 12.1 Å². The van der Waals surface area contributed by atoms with Gasteiger partial charge in [0.05, 0.1) is 0 Å². The minimum Gasteiger partial charge on any atom is -0.508 e. The largest absolute Gasteiger partial charge is 0.508 e. The quantitative estimate of drug-likeness (QED) is 0.726. The lowest BCUT2D eigenvalue weighted by Crippen LogP contribution is -1.73. The van der Waals surface area contributed by atoms with E-state index in [0.717, 1.165) is 15.2 Å². The molecule has 0 unspecified atom stereocenters. The van der Waals surface area contributed by atoms with Gasteiger partial charge in [-0.05, 0) is 22.9 Å². The van der Waals surface area contributed by atoms with Crippen LogP contribution >= 0.6 is 15.9 Å². The molecule has 2 heteroatoms. The van der Waals surface area contributed by atoms with Crippen LogP contribution < -0.4 is 0 Å². The Morgan fingerprint density at radius 3 is 2.67 bits per heavy atom. The molecule has 60 valence electrons. The molecule has 0 saturated heterocycles. The molecule has 1 N–H and O–H groups in total. The van der Waals surface area contributed by atoms with Crippen molar-refractivity contribution in [3.63, 3.8) is 0 Å². The lowest BCUT2D eigenvalue weighted by Gasteiger charge is -2.00. The highest BCUT2D eigenvalue weighted by atomic mass is 79.9. The summed E-state index contributed by atoms with van der Waals surface area (Å²) >= 11 is 3.39. The second-order valence-corrected chi connectivity index (χ2v) is 3.50. The van der Waals surface area contributed by atoms with Crippen LogP contribution in [0.25, 0.3) is 10.8 Å². The van der Waals surface area contributed by atoms with E-state index < -0.39 is 0 Å². The number of phenolic OH excluding ortho intramolecular Hbond substituents is 1. The SMILES string of the molecule is Oc1cc(Br)c2ccccc2c1. The van der Waals surface area contributed by atoms with Crippen LogP contribution in [0.3, 0.4) is 0 Å². The molecule has 0 aliphatic heterocycles. The minimum absolute atomic E-state index is 0.292. The molecule has 0 spiro atoms. The molecule has 2 aromatic carbocycles. The molecule has 2 aromatic rings. The zero-order valence-corrected chi connectivity index (χ0v) is 7.88. The first-order chi connectivity index (χ1) is 5.77. The molecule has 1 nitrogen and oxygen atoms in total. The Morgan fingerprint density at radius 2 is 1.83 bits per heavy atom. The number of fused-ring (bicyclic) bond motifs is 1. The number of halogens is 1. The Morgan fingerprint density at radius 1 is 1.08 bits per heavy atom. The normalized spacial score (nSPS) is 10.4. The fourth-order valence-corrected chi connectivity index (χ4v) is 1.84. The second-order valence-electron chi connectivity index (χ2n) is 2.65. The summed E-state index contributed by atoms with van der Waals surface area (Å²) in [5.74, 6) is 0.292. The van der Waals surface area contributed by atoms with Crippen LogP contribution in [-0.4, -0.2) is 5.11 Å². The van der Waals surface area contributed by atoms with Gasteiger partial charge in [0.25, 0.3) is 0 Å². The first-order valence-corrected chi connectivity index (χ1v) is 4.44. The Kier molecular flexibility index (Phi) is 1.77. The van der Waals surface area contributed by atoms with Crippen LogP contribution in [0, 0.1) is 0 Å². The number of rotatable bonds is 0. The van der Waals surface area contributed by atoms with Crippen LogP contribution in [0.5, 0.6) is 5.75 Å². The molecular formula is C10H7BrO. The summed E-state index contributed by atoms with van der Waals surface area (Å²) < 4.78 is 0.929. The van der Waals surface area contributed by atoms with E-state index >= 15 is 0 Å². The van der Waals surface area contributed by atoms with Crippen molar-refractivity contribution in [1.82, 2.24) is 0 Å². The first-order valence-electron chi connectivity index (χ1n) is 3.64. The highest BCUT2D eigenvalue weighted by Gasteiger charge is 1.98. The van der Waals surface area contributed by atoms with E-state index in [4.69, 9.17) is 0 Å². The summed E-state index contributed by atoms with van der Waals surface area (Å²) in [7, 11) is 0. The van der Waals surface area contributed by atoms with Gasteiger partial charge in [0, 0.05) is 4.47 Å². The maximum atomic E-state index is 9.28. The smallest absolute Gasteiger partial charge is 0.117 e. The van der Waals surface area contributed by atoms with Gasteiger partial charge in [0.15, 0.2) is 0 Å². The first kappa shape index (κ1) is 7.62. The van der Waals surface area contributed by atoms with Crippen LogP contribution in [-0.2, 0) is 0 Å². The zero-order valence-electron chi connectivity index (χ0n) is 6.29. The fourth-order valence-electron chi connectivity index (χ4n) is 1.25. The minimum atomic E-state index is 0.292. The van der Waals surface area contributed by atoms with Crippen LogP contribution in [0.1, 0.15) is 0 Å². The maximum absolute atomic E-state index is 9.28. The molecule has 0 heterocycles. The van der Waals surface area contributed by atoms with Crippen molar-refractivity contribution in [3.8, 4) is 5.75 Å². The summed E-state index contributed by atoms with van der Waals surface area (Å²) in [6, 6.07) is 11.4. The van der Waals surface area contributed by atoms with Crippen molar-refractivity contribution in [2.24, 2.45) is 0 Å². The Balaban J connectivity index is 2.89. The standard InChI is InChI=1S/C10H7BrO/c11-10-6-8(12)5-7-3-1-2-4-9(7)10/h1-6,12H. The third-order valence-corrected chi connectivity index (χ3v) is 2.45. The number of benzene rings is 2. The van der Waals surface area contributed by atoms with Crippen molar-refractivity contribution >= 4 is 26.7 Å². The lowest BCUT2D eigenvalue weighted by molar-refractivity contribution is 0.476. The third kappa shape index (κ3) is 1.18. The van der Waals surface area contributed by atoms with Crippen LogP contribution in [0.4, 0.5) is 0 Å². The summed E-state index contributed by atoms with van der Waals surface area (Å²) in [6.45, 7) is 0.